The van der Waals surface area contributed by atoms with Crippen molar-refractivity contribution in [3.63, 3.8) is 0 Å². The molecule has 0 aliphatic carbocycles. The summed E-state index contributed by atoms with van der Waals surface area (Å²) in [7, 11) is 0. The van der Waals surface area contributed by atoms with Gasteiger partial charge in [-0.1, -0.05) is 97.9 Å². The van der Waals surface area contributed by atoms with Gasteiger partial charge >= 0.3 is 64.9 Å². The fourth-order valence-corrected chi connectivity index (χ4v) is 0. The molecule has 0 aliphatic rings. The Bertz CT molecular complexity index is 96.9. The Morgan fingerprint density at radius 2 is 0.700 bits per heavy atom. The van der Waals surface area contributed by atoms with Gasteiger partial charge in [0.15, 0.2) is 0 Å². The van der Waals surface area contributed by atoms with Crippen molar-refractivity contribution in [3.05, 3.63) is 27.0 Å². The van der Waals surface area contributed by atoms with Crippen LogP contribution < -0.4 is 0 Å². The van der Waals surface area contributed by atoms with Crippen LogP contribution >= 0.6 is 59.9 Å². The number of aldehydes is 1. The summed E-state index contributed by atoms with van der Waals surface area (Å²) in [4.78, 5) is 8.42. The first-order valence-corrected chi connectivity index (χ1v) is 21.7. The van der Waals surface area contributed by atoms with Crippen molar-refractivity contribution in [1.82, 2.24) is 0 Å². The van der Waals surface area contributed by atoms with Crippen molar-refractivity contribution in [2.75, 3.05) is 0 Å². The molecule has 30 heavy (non-hydrogen) atoms. The molecule has 0 atom stereocenters. The maximum atomic E-state index is 8.69. The molecular formula is C20H56B3I3OVW2-2. The average molecular weight is 1150 g/mol. The van der Waals surface area contributed by atoms with Gasteiger partial charge in [-0.3, -0.25) is 0 Å². The first-order valence-electron chi connectivity index (χ1n) is 8.86. The molecule has 0 aromatic carbocycles. The van der Waals surface area contributed by atoms with E-state index in [1.54, 1.807) is 0 Å². The van der Waals surface area contributed by atoms with Crippen LogP contribution in [0.2, 0.25) is 0 Å². The number of rotatable bonds is 0. The quantitative estimate of drug-likeness (QED) is 0.0777. The van der Waals surface area contributed by atoms with Gasteiger partial charge < -0.3 is 18.6 Å². The Morgan fingerprint density at radius 3 is 0.700 bits per heavy atom. The fourth-order valence-electron chi connectivity index (χ4n) is 0. The van der Waals surface area contributed by atoms with E-state index in [0.29, 0.717) is 6.29 Å². The van der Waals surface area contributed by atoms with Crippen LogP contribution in [0.25, 0.3) is 0 Å². The second-order valence-electron chi connectivity index (χ2n) is 0.358. The smallest absolute Gasteiger partial charge is 0 e. The monoisotopic (exact) mass is 1150 g/mol. The van der Waals surface area contributed by atoms with Gasteiger partial charge in [-0.15, -0.1) is 13.2 Å². The Morgan fingerprint density at radius 1 is 0.700 bits per heavy atom. The van der Waals surface area contributed by atoms with Crippen molar-refractivity contribution in [2.24, 2.45) is 0 Å². The molecule has 1 nitrogen and oxygen atoms in total. The number of carbonyl (C=O) groups excluding carboxylic acids is 1. The van der Waals surface area contributed by atoms with Gasteiger partial charge in [0.25, 0.3) is 0 Å². The molecule has 0 spiro atoms. The summed E-state index contributed by atoms with van der Waals surface area (Å²) in [5.41, 5.74) is 0. The Labute approximate surface area is 272 Å². The van der Waals surface area contributed by atoms with Crippen molar-refractivity contribution >= 4 is 91.5 Å². The SMILES string of the molecule is C.C.C=C.CC.CC.CC.CC.CC.CC.[3H]C[CH2-].[B].[B].[B].[CH2-]C=O.[I][V]([I])[I].[W].[W]. The zero-order valence-electron chi connectivity index (χ0n) is 21.7. The van der Waals surface area contributed by atoms with Crippen molar-refractivity contribution < 1.29 is 53.2 Å². The number of hydrogen-bond donors (Lipinski definition) is 0. The molecule has 0 fully saturated rings. The summed E-state index contributed by atoms with van der Waals surface area (Å²) in [6.07, 6.45) is 0.500. The summed E-state index contributed by atoms with van der Waals surface area (Å²) in [5, 5.41) is 0. The van der Waals surface area contributed by atoms with E-state index in [4.69, 9.17) is 6.17 Å². The predicted molar refractivity (Wildman–Crippen MR) is 175 cm³/mol. The normalized spacial score (nSPS) is 3.57. The van der Waals surface area contributed by atoms with Crippen LogP contribution in [0.3, 0.4) is 0 Å². The Balaban J connectivity index is -0.00000000462. The topological polar surface area (TPSA) is 17.1 Å². The zero-order chi connectivity index (χ0) is 23.0. The summed E-state index contributed by atoms with van der Waals surface area (Å²) in [5.74, 6) is 0. The van der Waals surface area contributed by atoms with E-state index in [0.717, 1.165) is 0 Å². The van der Waals surface area contributed by atoms with Gasteiger partial charge in [-0.2, -0.15) is 6.90 Å². The van der Waals surface area contributed by atoms with Gasteiger partial charge in [0, 0.05) is 67.4 Å². The van der Waals surface area contributed by atoms with Crippen LogP contribution in [0.4, 0.5) is 0 Å². The second kappa shape index (κ2) is 561. The molecule has 10 heteroatoms. The number of carbonyl (C=O) groups is 1. The van der Waals surface area contributed by atoms with Crippen molar-refractivity contribution in [2.45, 2.75) is 105 Å². The predicted octanol–water partition coefficient (Wildman–Crippen LogP) is 10.6. The van der Waals surface area contributed by atoms with Crippen molar-refractivity contribution in [3.8, 4) is 0 Å². The minimum absolute atomic E-state index is 0. The van der Waals surface area contributed by atoms with Gasteiger partial charge in [0.2, 0.25) is 0 Å². The molecule has 0 heterocycles. The molecular weight excluding hydrogens is 1090 g/mol. The summed E-state index contributed by atoms with van der Waals surface area (Å²) >= 11 is 7.39. The molecule has 0 unspecified atom stereocenters. The van der Waals surface area contributed by atoms with E-state index in [-0.39, 0.29) is 94.0 Å². The largest absolute Gasteiger partial charge is 0 e. The summed E-state index contributed by atoms with van der Waals surface area (Å²) in [6, 6.07) is 0. The van der Waals surface area contributed by atoms with E-state index in [2.05, 4.69) is 86.9 Å². The number of halogens is 3. The molecule has 0 aliphatic heterocycles. The minimum Gasteiger partial charge on any atom is 0 e. The molecule has 0 bridgehead atoms. The third kappa shape index (κ3) is 2260. The molecule has 0 amide bonds. The average Bonchev–Trinajstić information content (AvgIpc) is 2.67. The van der Waals surface area contributed by atoms with Crippen LogP contribution in [-0.4, -0.2) is 31.5 Å². The van der Waals surface area contributed by atoms with E-state index in [9.17, 15) is 0 Å². The van der Waals surface area contributed by atoms with Crippen LogP contribution in [-0.2, 0) is 51.8 Å². The van der Waals surface area contributed by atoms with Crippen molar-refractivity contribution in [1.29, 1.82) is 0 Å². The standard InChI is InChI=1S/C2H3O.6C2H6.C2H5.C2H4.2CH4.3B.3HI.V.2W/c1-2-3;8*1-2;;;;;;;;;;;/h2H,1H2;6*1-2H3;1H2,2H3;1-2H2;2*1H4;;;;3*1H;;;/q-1;;;;;;;-1;;;;;;;;;;+3;;/p-3/i;;;;;;;2T;;;;;;;;;;;;. The third-order valence-corrected chi connectivity index (χ3v) is 0. The molecule has 0 saturated carbocycles. The van der Waals surface area contributed by atoms with E-state index < -0.39 is 0 Å². The summed E-state index contributed by atoms with van der Waals surface area (Å²) in [6.45, 7) is 36.2. The summed E-state index contributed by atoms with van der Waals surface area (Å²) < 4.78 is 6.10. The van der Waals surface area contributed by atoms with E-state index in [1.165, 1.54) is 0 Å². The third-order valence-electron chi connectivity index (χ3n) is 0. The fraction of sp³-hybridized carbons (Fsp3) is 0.750. The molecule has 9 radical (unpaired) electrons. The first-order chi connectivity index (χ1) is 11.6. The van der Waals surface area contributed by atoms with Crippen LogP contribution in [0.1, 0.15) is 106 Å². The zero-order valence-corrected chi connectivity index (χ0v) is 34.4. The Hall–Kier alpha value is 3.63. The van der Waals surface area contributed by atoms with E-state index in [1.807, 2.05) is 83.1 Å². The van der Waals surface area contributed by atoms with Gasteiger partial charge in [0.05, 0.1) is 0 Å². The Kier molecular flexibility index (Phi) is 2150. The van der Waals surface area contributed by atoms with Crippen LogP contribution in [0.5, 0.6) is 0 Å². The first kappa shape index (κ1) is 115. The van der Waals surface area contributed by atoms with Gasteiger partial charge in [0.1, 0.15) is 0 Å². The molecule has 0 saturated heterocycles. The second-order valence-corrected chi connectivity index (χ2v) is 35.7. The minimum atomic E-state index is -0.278. The molecule has 0 rings (SSSR count). The maximum absolute atomic E-state index is 8.69. The maximum Gasteiger partial charge on any atom is 0 e. The molecule has 0 aromatic heterocycles. The van der Waals surface area contributed by atoms with Gasteiger partial charge in [-0.25, -0.2) is 0 Å². The van der Waals surface area contributed by atoms with E-state index >= 15 is 0 Å². The molecule has 0 N–H and O–H groups in total. The van der Waals surface area contributed by atoms with Gasteiger partial charge in [-0.05, 0) is 7.66 Å². The molecule has 0 aromatic rings. The number of hydrogen-bond acceptors (Lipinski definition) is 1. The van der Waals surface area contributed by atoms with Crippen LogP contribution in [0, 0.1) is 13.8 Å². The van der Waals surface area contributed by atoms with Crippen LogP contribution in [0.15, 0.2) is 13.2 Å². The molecule has 191 valence electrons.